The largest absolute Gasteiger partial charge is 0.389 e. The monoisotopic (exact) mass is 321 g/mol. The Labute approximate surface area is 132 Å². The minimum atomic E-state index is -0.509. The molecule has 1 amide bonds. The molecule has 0 aromatic carbocycles. The van der Waals surface area contributed by atoms with E-state index in [-0.39, 0.29) is 11.8 Å². The van der Waals surface area contributed by atoms with Gasteiger partial charge in [-0.3, -0.25) is 4.79 Å². The van der Waals surface area contributed by atoms with Crippen LogP contribution in [0.4, 0.5) is 0 Å². The number of nitrogens with zero attached hydrogens (tertiary/aromatic N) is 1. The Hall–Kier alpha value is -0.910. The number of carbonyl (C=O) groups is 1. The van der Waals surface area contributed by atoms with Crippen molar-refractivity contribution >= 4 is 38.0 Å². The maximum Gasteiger partial charge on any atom is 0.264 e. The number of amides is 1. The van der Waals surface area contributed by atoms with Gasteiger partial charge >= 0.3 is 0 Å². The van der Waals surface area contributed by atoms with Gasteiger partial charge in [0.1, 0.15) is 0 Å². The van der Waals surface area contributed by atoms with E-state index in [9.17, 15) is 9.90 Å². The number of rotatable bonds is 1. The van der Waals surface area contributed by atoms with Crippen LogP contribution in [0.25, 0.3) is 9.40 Å². The Bertz CT molecular complexity index is 648. The van der Waals surface area contributed by atoms with Gasteiger partial charge in [-0.25, -0.2) is 0 Å². The van der Waals surface area contributed by atoms with E-state index in [1.54, 1.807) is 22.7 Å². The Morgan fingerprint density at radius 2 is 2.24 bits per heavy atom. The molecular weight excluding hydrogens is 302 g/mol. The van der Waals surface area contributed by atoms with Crippen LogP contribution in [0.2, 0.25) is 0 Å². The van der Waals surface area contributed by atoms with Crippen molar-refractivity contribution in [3.05, 3.63) is 22.4 Å². The van der Waals surface area contributed by atoms with Crippen LogP contribution in [-0.2, 0) is 0 Å². The third kappa shape index (κ3) is 2.31. The third-order valence-electron chi connectivity index (χ3n) is 5.06. The molecule has 1 aliphatic heterocycles. The van der Waals surface area contributed by atoms with E-state index in [0.29, 0.717) is 6.54 Å². The Morgan fingerprint density at radius 1 is 1.33 bits per heavy atom. The molecule has 3 nitrogen and oxygen atoms in total. The lowest BCUT2D eigenvalue weighted by Gasteiger charge is -2.47. The summed E-state index contributed by atoms with van der Waals surface area (Å²) in [5.41, 5.74) is -0.509. The van der Waals surface area contributed by atoms with E-state index in [1.807, 2.05) is 11.0 Å². The molecule has 0 spiro atoms. The summed E-state index contributed by atoms with van der Waals surface area (Å²) in [4.78, 5) is 15.5. The molecule has 1 saturated heterocycles. The molecule has 2 unspecified atom stereocenters. The first kappa shape index (κ1) is 13.7. The Morgan fingerprint density at radius 3 is 3.10 bits per heavy atom. The molecule has 1 aliphatic carbocycles. The molecule has 0 radical (unpaired) electrons. The van der Waals surface area contributed by atoms with E-state index in [0.717, 1.165) is 37.1 Å². The van der Waals surface area contributed by atoms with Crippen molar-refractivity contribution in [3.8, 4) is 0 Å². The summed E-state index contributed by atoms with van der Waals surface area (Å²) in [6.45, 7) is 1.41. The van der Waals surface area contributed by atoms with Gasteiger partial charge in [0.2, 0.25) is 0 Å². The van der Waals surface area contributed by atoms with E-state index < -0.39 is 5.60 Å². The van der Waals surface area contributed by atoms with Crippen molar-refractivity contribution in [2.24, 2.45) is 5.92 Å². The minimum absolute atomic E-state index is 0.149. The first-order chi connectivity index (χ1) is 10.2. The molecule has 0 bridgehead atoms. The molecular formula is C16H19NO2S2. The fourth-order valence-corrected chi connectivity index (χ4v) is 5.86. The van der Waals surface area contributed by atoms with Crippen molar-refractivity contribution in [1.82, 2.24) is 4.90 Å². The van der Waals surface area contributed by atoms with Crippen LogP contribution in [0.5, 0.6) is 0 Å². The number of hydrogen-bond donors (Lipinski definition) is 1. The highest BCUT2D eigenvalue weighted by Crippen LogP contribution is 2.40. The van der Waals surface area contributed by atoms with Crippen LogP contribution < -0.4 is 0 Å². The molecule has 2 atom stereocenters. The van der Waals surface area contributed by atoms with Crippen LogP contribution >= 0.6 is 22.7 Å². The normalized spacial score (nSPS) is 29.6. The van der Waals surface area contributed by atoms with Gasteiger partial charge in [0.05, 0.1) is 10.5 Å². The van der Waals surface area contributed by atoms with Gasteiger partial charge in [0.15, 0.2) is 0 Å². The predicted octanol–water partition coefficient (Wildman–Crippen LogP) is 3.73. The van der Waals surface area contributed by atoms with Crippen molar-refractivity contribution < 1.29 is 9.90 Å². The zero-order valence-corrected chi connectivity index (χ0v) is 13.5. The van der Waals surface area contributed by atoms with Crippen LogP contribution in [-0.4, -0.2) is 34.6 Å². The lowest BCUT2D eigenvalue weighted by molar-refractivity contribution is -0.0885. The molecule has 2 aliphatic rings. The van der Waals surface area contributed by atoms with E-state index in [2.05, 4.69) is 11.4 Å². The van der Waals surface area contributed by atoms with Gasteiger partial charge in [0.25, 0.3) is 5.91 Å². The number of hydrogen-bond acceptors (Lipinski definition) is 4. The average Bonchev–Trinajstić information content (AvgIpc) is 3.06. The molecule has 2 fully saturated rings. The van der Waals surface area contributed by atoms with Crippen molar-refractivity contribution in [2.45, 2.75) is 37.7 Å². The van der Waals surface area contributed by atoms with E-state index >= 15 is 0 Å². The SMILES string of the molecule is O=C(c1cc2sccc2s1)N1CCC2(O)CCCCC2C1. The number of likely N-dealkylation sites (tertiary alicyclic amines) is 1. The second-order valence-electron chi connectivity index (χ2n) is 6.31. The molecule has 3 heterocycles. The fraction of sp³-hybridized carbons (Fsp3) is 0.562. The fourth-order valence-electron chi connectivity index (χ4n) is 3.78. The van der Waals surface area contributed by atoms with Crippen LogP contribution in [0, 0.1) is 5.92 Å². The Kier molecular flexibility index (Phi) is 3.32. The lowest BCUT2D eigenvalue weighted by atomic mass is 9.71. The summed E-state index contributed by atoms with van der Waals surface area (Å²) in [5, 5.41) is 12.8. The number of piperidine rings is 1. The summed E-state index contributed by atoms with van der Waals surface area (Å²) < 4.78 is 2.41. The molecule has 5 heteroatoms. The molecule has 2 aromatic rings. The maximum absolute atomic E-state index is 12.7. The maximum atomic E-state index is 12.7. The molecule has 112 valence electrons. The summed E-state index contributed by atoms with van der Waals surface area (Å²) >= 11 is 3.28. The molecule has 21 heavy (non-hydrogen) atoms. The van der Waals surface area contributed by atoms with Gasteiger partial charge in [-0.15, -0.1) is 22.7 Å². The molecule has 1 saturated carbocycles. The van der Waals surface area contributed by atoms with E-state index in [1.165, 1.54) is 15.8 Å². The second kappa shape index (κ2) is 5.07. The number of aliphatic hydroxyl groups is 1. The van der Waals surface area contributed by atoms with Crippen LogP contribution in [0.3, 0.4) is 0 Å². The number of fused-ring (bicyclic) bond motifs is 2. The zero-order valence-electron chi connectivity index (χ0n) is 11.9. The third-order valence-corrected chi connectivity index (χ3v) is 7.15. The molecule has 4 rings (SSSR count). The zero-order chi connectivity index (χ0) is 14.4. The van der Waals surface area contributed by atoms with Crippen LogP contribution in [0.15, 0.2) is 17.5 Å². The highest BCUT2D eigenvalue weighted by Gasteiger charge is 2.43. The average molecular weight is 321 g/mol. The molecule has 2 aromatic heterocycles. The highest BCUT2D eigenvalue weighted by molar-refractivity contribution is 7.27. The summed E-state index contributed by atoms with van der Waals surface area (Å²) in [6.07, 6.45) is 5.02. The van der Waals surface area contributed by atoms with Gasteiger partial charge in [-0.2, -0.15) is 0 Å². The van der Waals surface area contributed by atoms with Crippen molar-refractivity contribution in [3.63, 3.8) is 0 Å². The second-order valence-corrected chi connectivity index (χ2v) is 8.34. The number of carbonyl (C=O) groups excluding carboxylic acids is 1. The first-order valence-corrected chi connectivity index (χ1v) is 9.34. The first-order valence-electron chi connectivity index (χ1n) is 7.64. The van der Waals surface area contributed by atoms with Crippen LogP contribution in [0.1, 0.15) is 41.8 Å². The van der Waals surface area contributed by atoms with E-state index in [4.69, 9.17) is 0 Å². The van der Waals surface area contributed by atoms with Crippen molar-refractivity contribution in [2.75, 3.05) is 13.1 Å². The Balaban J connectivity index is 1.54. The summed E-state index contributed by atoms with van der Waals surface area (Å²) in [7, 11) is 0. The topological polar surface area (TPSA) is 40.5 Å². The van der Waals surface area contributed by atoms with Gasteiger partial charge in [-0.05, 0) is 36.8 Å². The predicted molar refractivity (Wildman–Crippen MR) is 87.1 cm³/mol. The highest BCUT2D eigenvalue weighted by atomic mass is 32.1. The van der Waals surface area contributed by atoms with Crippen molar-refractivity contribution in [1.29, 1.82) is 0 Å². The minimum Gasteiger partial charge on any atom is -0.389 e. The summed E-state index contributed by atoms with van der Waals surface area (Å²) in [6, 6.07) is 4.10. The standard InChI is InChI=1S/C16H19NO2S2/c18-15(14-9-13-12(21-14)4-8-20-13)17-7-6-16(19)5-2-1-3-11(16)10-17/h4,8-9,11,19H,1-3,5-7,10H2. The quantitative estimate of drug-likeness (QED) is 0.869. The molecule has 1 N–H and O–H groups in total. The van der Waals surface area contributed by atoms with Gasteiger partial charge in [-0.1, -0.05) is 12.8 Å². The summed E-state index contributed by atoms with van der Waals surface area (Å²) in [5.74, 6) is 0.418. The number of thiophene rings is 2. The van der Waals surface area contributed by atoms with Gasteiger partial charge < -0.3 is 10.0 Å². The lowest BCUT2D eigenvalue weighted by Crippen LogP contribution is -2.54. The van der Waals surface area contributed by atoms with Gasteiger partial charge in [0, 0.05) is 28.4 Å². The smallest absolute Gasteiger partial charge is 0.264 e.